The van der Waals surface area contributed by atoms with Crippen LogP contribution < -0.4 is 9.46 Å². The molecular formula is C23H23ClN2O3S. The Kier molecular flexibility index (Phi) is 6.37. The van der Waals surface area contributed by atoms with Crippen molar-refractivity contribution >= 4 is 21.6 Å². The molecule has 1 saturated carbocycles. The predicted molar refractivity (Wildman–Crippen MR) is 118 cm³/mol. The maximum atomic E-state index is 12.8. The van der Waals surface area contributed by atoms with Gasteiger partial charge in [-0.05, 0) is 55.0 Å². The van der Waals surface area contributed by atoms with Gasteiger partial charge in [0.05, 0.1) is 9.92 Å². The number of sulfonamides is 1. The van der Waals surface area contributed by atoms with Gasteiger partial charge >= 0.3 is 0 Å². The monoisotopic (exact) mass is 442 g/mol. The second kappa shape index (κ2) is 9.16. The fraction of sp³-hybridized carbons (Fsp3) is 0.261. The zero-order chi connectivity index (χ0) is 21.0. The highest BCUT2D eigenvalue weighted by Crippen LogP contribution is 2.26. The first-order valence-electron chi connectivity index (χ1n) is 9.96. The van der Waals surface area contributed by atoms with Gasteiger partial charge in [0, 0.05) is 18.3 Å². The van der Waals surface area contributed by atoms with E-state index in [9.17, 15) is 8.42 Å². The number of nitrogens with one attached hydrogen (secondary N) is 1. The van der Waals surface area contributed by atoms with E-state index in [0.717, 1.165) is 36.8 Å². The number of hydrogen-bond donors (Lipinski definition) is 1. The maximum Gasteiger partial charge on any atom is 0.240 e. The number of halogens is 1. The number of nitrogens with zero attached hydrogens (tertiary/aromatic N) is 1. The summed E-state index contributed by atoms with van der Waals surface area (Å²) in [4.78, 5) is 4.44. The third kappa shape index (κ3) is 5.19. The summed E-state index contributed by atoms with van der Waals surface area (Å²) in [5.41, 5.74) is 2.05. The van der Waals surface area contributed by atoms with E-state index in [1.54, 1.807) is 30.5 Å². The van der Waals surface area contributed by atoms with E-state index >= 15 is 0 Å². The van der Waals surface area contributed by atoms with Gasteiger partial charge < -0.3 is 4.74 Å². The number of benzene rings is 2. The molecule has 0 spiro atoms. The molecule has 1 fully saturated rings. The average molecular weight is 443 g/mol. The lowest BCUT2D eigenvalue weighted by Gasteiger charge is -2.29. The molecule has 156 valence electrons. The highest BCUT2D eigenvalue weighted by Gasteiger charge is 2.27. The first-order valence-corrected chi connectivity index (χ1v) is 11.8. The molecule has 0 bridgehead atoms. The van der Waals surface area contributed by atoms with Crippen LogP contribution >= 0.6 is 11.6 Å². The van der Waals surface area contributed by atoms with Crippen LogP contribution in [0.5, 0.6) is 5.88 Å². The van der Waals surface area contributed by atoms with Crippen LogP contribution in [0.2, 0.25) is 5.02 Å². The minimum Gasteiger partial charge on any atom is -0.474 e. The first kappa shape index (κ1) is 20.8. The summed E-state index contributed by atoms with van der Waals surface area (Å²) in [7, 11) is -3.56. The van der Waals surface area contributed by atoms with Crippen LogP contribution in [0.1, 0.15) is 25.7 Å². The van der Waals surface area contributed by atoms with E-state index in [1.807, 2.05) is 42.5 Å². The van der Waals surface area contributed by atoms with Crippen molar-refractivity contribution < 1.29 is 13.2 Å². The standard InChI is InChI=1S/C23H23ClN2O3S/c24-19-8-15-23(25-16-19)29-21-11-9-20(10-12-21)26-30(27,28)22-13-6-18(7-14-22)17-4-2-1-3-5-17/h1-8,13-16,20-21,26H,9-12H2. The Bertz CT molecular complexity index is 1060. The van der Waals surface area contributed by atoms with Crippen molar-refractivity contribution in [3.8, 4) is 17.0 Å². The molecule has 30 heavy (non-hydrogen) atoms. The fourth-order valence-corrected chi connectivity index (χ4v) is 5.06. The van der Waals surface area contributed by atoms with E-state index < -0.39 is 10.0 Å². The van der Waals surface area contributed by atoms with E-state index in [2.05, 4.69) is 9.71 Å². The molecule has 0 unspecified atom stereocenters. The van der Waals surface area contributed by atoms with E-state index in [-0.39, 0.29) is 17.0 Å². The Morgan fingerprint density at radius 1 is 0.867 bits per heavy atom. The molecule has 2 aromatic carbocycles. The van der Waals surface area contributed by atoms with Crippen molar-refractivity contribution in [1.82, 2.24) is 9.71 Å². The molecule has 4 rings (SSSR count). The fourth-order valence-electron chi connectivity index (χ4n) is 3.65. The van der Waals surface area contributed by atoms with Crippen LogP contribution in [-0.2, 0) is 10.0 Å². The summed E-state index contributed by atoms with van der Waals surface area (Å²) >= 11 is 5.84. The summed E-state index contributed by atoms with van der Waals surface area (Å²) in [6, 6.07) is 20.3. The smallest absolute Gasteiger partial charge is 0.240 e. The number of hydrogen-bond acceptors (Lipinski definition) is 4. The van der Waals surface area contributed by atoms with Crippen molar-refractivity contribution in [3.63, 3.8) is 0 Å². The lowest BCUT2D eigenvalue weighted by molar-refractivity contribution is 0.138. The van der Waals surface area contributed by atoms with E-state index in [4.69, 9.17) is 16.3 Å². The molecule has 7 heteroatoms. The molecule has 0 atom stereocenters. The van der Waals surface area contributed by atoms with Gasteiger partial charge in [-0.1, -0.05) is 54.1 Å². The molecule has 0 radical (unpaired) electrons. The van der Waals surface area contributed by atoms with Gasteiger partial charge in [-0.15, -0.1) is 0 Å². The summed E-state index contributed by atoms with van der Waals surface area (Å²) < 4.78 is 34.3. The van der Waals surface area contributed by atoms with Crippen LogP contribution in [0.3, 0.4) is 0 Å². The summed E-state index contributed by atoms with van der Waals surface area (Å²) in [5, 5.41) is 0.567. The normalized spacial score (nSPS) is 19.4. The lowest BCUT2D eigenvalue weighted by Crippen LogP contribution is -2.39. The van der Waals surface area contributed by atoms with Crippen molar-refractivity contribution in [2.24, 2.45) is 0 Å². The third-order valence-corrected chi connectivity index (χ3v) is 7.02. The van der Waals surface area contributed by atoms with Crippen LogP contribution in [0.15, 0.2) is 77.8 Å². The second-order valence-corrected chi connectivity index (χ2v) is 9.57. The molecule has 3 aromatic rings. The van der Waals surface area contributed by atoms with Gasteiger partial charge in [-0.3, -0.25) is 0 Å². The second-order valence-electron chi connectivity index (χ2n) is 7.42. The minimum atomic E-state index is -3.56. The third-order valence-electron chi connectivity index (χ3n) is 5.26. The summed E-state index contributed by atoms with van der Waals surface area (Å²) in [6.07, 6.45) is 4.57. The quantitative estimate of drug-likeness (QED) is 0.578. The van der Waals surface area contributed by atoms with Gasteiger partial charge in [0.2, 0.25) is 15.9 Å². The number of ether oxygens (including phenoxy) is 1. The number of rotatable bonds is 6. The van der Waals surface area contributed by atoms with Gasteiger partial charge in [-0.25, -0.2) is 18.1 Å². The summed E-state index contributed by atoms with van der Waals surface area (Å²) in [5.74, 6) is 0.543. The Balaban J connectivity index is 1.33. The van der Waals surface area contributed by atoms with Gasteiger partial charge in [0.25, 0.3) is 0 Å². The topological polar surface area (TPSA) is 68.3 Å². The van der Waals surface area contributed by atoms with Crippen molar-refractivity contribution in [3.05, 3.63) is 77.9 Å². The Morgan fingerprint density at radius 3 is 2.17 bits per heavy atom. The highest BCUT2D eigenvalue weighted by molar-refractivity contribution is 7.89. The van der Waals surface area contributed by atoms with Gasteiger partial charge in [0.1, 0.15) is 6.10 Å². The minimum absolute atomic E-state index is 0.0320. The molecule has 1 aliphatic carbocycles. The zero-order valence-corrected chi connectivity index (χ0v) is 17.9. The van der Waals surface area contributed by atoms with E-state index in [1.165, 1.54) is 0 Å². The maximum absolute atomic E-state index is 12.8. The first-order chi connectivity index (χ1) is 14.5. The molecule has 0 saturated heterocycles. The SMILES string of the molecule is O=S(=O)(NC1CCC(Oc2ccc(Cl)cn2)CC1)c1ccc(-c2ccccc2)cc1. The molecule has 0 aliphatic heterocycles. The van der Waals surface area contributed by atoms with Crippen molar-refractivity contribution in [2.45, 2.75) is 42.7 Å². The van der Waals surface area contributed by atoms with Crippen LogP contribution in [0, 0.1) is 0 Å². The van der Waals surface area contributed by atoms with Gasteiger partial charge in [-0.2, -0.15) is 0 Å². The average Bonchev–Trinajstić information content (AvgIpc) is 2.77. The highest BCUT2D eigenvalue weighted by atomic mass is 35.5. The van der Waals surface area contributed by atoms with Crippen LogP contribution in [0.25, 0.3) is 11.1 Å². The lowest BCUT2D eigenvalue weighted by atomic mass is 9.94. The molecular weight excluding hydrogens is 420 g/mol. The Morgan fingerprint density at radius 2 is 1.53 bits per heavy atom. The molecule has 1 aromatic heterocycles. The van der Waals surface area contributed by atoms with E-state index in [0.29, 0.717) is 10.9 Å². The molecule has 0 amide bonds. The zero-order valence-electron chi connectivity index (χ0n) is 16.4. The largest absolute Gasteiger partial charge is 0.474 e. The molecule has 1 aliphatic rings. The molecule has 1 N–H and O–H groups in total. The predicted octanol–water partition coefficient (Wildman–Crippen LogP) is 5.07. The van der Waals surface area contributed by atoms with Crippen molar-refractivity contribution in [1.29, 1.82) is 0 Å². The van der Waals surface area contributed by atoms with Gasteiger partial charge in [0.15, 0.2) is 0 Å². The Hall–Kier alpha value is -2.41. The Labute approximate surface area is 182 Å². The number of pyridine rings is 1. The summed E-state index contributed by atoms with van der Waals surface area (Å²) in [6.45, 7) is 0. The molecule has 5 nitrogen and oxygen atoms in total. The van der Waals surface area contributed by atoms with Crippen LogP contribution in [0.4, 0.5) is 0 Å². The van der Waals surface area contributed by atoms with Crippen molar-refractivity contribution in [2.75, 3.05) is 0 Å². The number of aromatic nitrogens is 1. The van der Waals surface area contributed by atoms with Crippen LogP contribution in [-0.4, -0.2) is 25.5 Å². The molecule has 1 heterocycles.